The van der Waals surface area contributed by atoms with Crippen molar-refractivity contribution < 1.29 is 19.4 Å². The Morgan fingerprint density at radius 2 is 1.88 bits per heavy atom. The zero-order valence-electron chi connectivity index (χ0n) is 13.8. The lowest BCUT2D eigenvalue weighted by Gasteiger charge is -2.37. The average molecular weight is 338 g/mol. The molecule has 25 heavy (non-hydrogen) atoms. The molecule has 1 saturated heterocycles. The van der Waals surface area contributed by atoms with E-state index in [1.165, 1.54) is 4.90 Å². The molecule has 3 rings (SSSR count). The van der Waals surface area contributed by atoms with Gasteiger partial charge in [0, 0.05) is 19.0 Å². The van der Waals surface area contributed by atoms with Crippen molar-refractivity contribution in [2.45, 2.75) is 18.9 Å². The number of carboxylic acid groups (broad SMARTS) is 1. The van der Waals surface area contributed by atoms with Crippen LogP contribution in [-0.2, 0) is 11.4 Å². The van der Waals surface area contributed by atoms with Crippen LogP contribution < -0.4 is 9.84 Å². The molecule has 0 aromatic heterocycles. The van der Waals surface area contributed by atoms with E-state index in [1.807, 2.05) is 54.6 Å². The summed E-state index contributed by atoms with van der Waals surface area (Å²) >= 11 is 0. The Bertz CT molecular complexity index is 714. The highest BCUT2D eigenvalue weighted by Crippen LogP contribution is 2.32. The molecule has 0 saturated carbocycles. The molecule has 2 aromatic carbocycles. The largest absolute Gasteiger partial charge is 0.530 e. The topological polar surface area (TPSA) is 69.7 Å². The van der Waals surface area contributed by atoms with Crippen LogP contribution >= 0.6 is 0 Å². The van der Waals surface area contributed by atoms with Gasteiger partial charge in [-0.1, -0.05) is 42.5 Å². The lowest BCUT2D eigenvalue weighted by Crippen LogP contribution is -2.48. The van der Waals surface area contributed by atoms with Gasteiger partial charge in [-0.3, -0.25) is 0 Å². The molecule has 0 N–H and O–H groups in total. The number of carbonyl (C=O) groups is 2. The Morgan fingerprint density at radius 3 is 2.52 bits per heavy atom. The Kier molecular flexibility index (Phi) is 5.33. The third kappa shape index (κ3) is 4.18. The van der Waals surface area contributed by atoms with E-state index >= 15 is 0 Å². The van der Waals surface area contributed by atoms with E-state index in [1.54, 1.807) is 0 Å². The van der Waals surface area contributed by atoms with Crippen LogP contribution in [-0.4, -0.2) is 30.4 Å². The van der Waals surface area contributed by atoms with Gasteiger partial charge in [0.25, 0.3) is 0 Å². The molecular formula is C20H20NO4-. The number of aldehydes is 1. The number of benzene rings is 2. The predicted molar refractivity (Wildman–Crippen MR) is 91.1 cm³/mol. The Balaban J connectivity index is 1.63. The van der Waals surface area contributed by atoms with Gasteiger partial charge in [-0.2, -0.15) is 0 Å². The van der Waals surface area contributed by atoms with E-state index in [2.05, 4.69) is 0 Å². The van der Waals surface area contributed by atoms with Crippen molar-refractivity contribution in [3.63, 3.8) is 0 Å². The first-order valence-corrected chi connectivity index (χ1v) is 8.35. The van der Waals surface area contributed by atoms with Crippen LogP contribution in [0, 0.1) is 5.92 Å². The Morgan fingerprint density at radius 1 is 1.16 bits per heavy atom. The molecule has 0 bridgehead atoms. The van der Waals surface area contributed by atoms with Gasteiger partial charge in [-0.05, 0) is 35.6 Å². The Hall–Kier alpha value is -2.82. The van der Waals surface area contributed by atoms with Crippen molar-refractivity contribution in [3.8, 4) is 5.75 Å². The molecular weight excluding hydrogens is 318 g/mol. The van der Waals surface area contributed by atoms with E-state index < -0.39 is 6.09 Å². The molecule has 1 aliphatic heterocycles. The molecule has 0 aliphatic carbocycles. The fourth-order valence-electron chi connectivity index (χ4n) is 3.25. The van der Waals surface area contributed by atoms with Crippen molar-refractivity contribution in [1.29, 1.82) is 0 Å². The van der Waals surface area contributed by atoms with Crippen LogP contribution in [0.5, 0.6) is 5.75 Å². The van der Waals surface area contributed by atoms with Gasteiger partial charge in [0.1, 0.15) is 24.7 Å². The smallest absolute Gasteiger partial charge is 0.136 e. The molecule has 0 radical (unpaired) electrons. The van der Waals surface area contributed by atoms with E-state index in [0.717, 1.165) is 23.2 Å². The average Bonchev–Trinajstić information content (AvgIpc) is 2.67. The minimum absolute atomic E-state index is 0.0243. The molecule has 2 atom stereocenters. The molecule has 2 aromatic rings. The van der Waals surface area contributed by atoms with Crippen molar-refractivity contribution in [2.75, 3.05) is 13.1 Å². The van der Waals surface area contributed by atoms with Crippen molar-refractivity contribution >= 4 is 12.4 Å². The highest BCUT2D eigenvalue weighted by atomic mass is 16.5. The van der Waals surface area contributed by atoms with Crippen LogP contribution in [0.3, 0.4) is 0 Å². The quantitative estimate of drug-likeness (QED) is 0.784. The molecule has 2 unspecified atom stereocenters. The summed E-state index contributed by atoms with van der Waals surface area (Å²) in [5.74, 6) is 0.446. The van der Waals surface area contributed by atoms with Crippen LogP contribution in [0.25, 0.3) is 0 Å². The van der Waals surface area contributed by atoms with Crippen LogP contribution in [0.15, 0.2) is 54.6 Å². The maximum Gasteiger partial charge on any atom is 0.136 e. The third-order valence-corrected chi connectivity index (χ3v) is 4.65. The van der Waals surface area contributed by atoms with Crippen molar-refractivity contribution in [3.05, 3.63) is 65.7 Å². The van der Waals surface area contributed by atoms with Crippen molar-refractivity contribution in [2.24, 2.45) is 5.92 Å². The van der Waals surface area contributed by atoms with E-state index in [9.17, 15) is 14.7 Å². The zero-order valence-corrected chi connectivity index (χ0v) is 13.8. The SMILES string of the molecule is O=CC1CN(C(=O)[O-])CCC1c1ccc(OCc2ccccc2)cc1. The van der Waals surface area contributed by atoms with Crippen LogP contribution in [0.2, 0.25) is 0 Å². The van der Waals surface area contributed by atoms with Crippen LogP contribution in [0.4, 0.5) is 4.79 Å². The summed E-state index contributed by atoms with van der Waals surface area (Å²) in [6, 6.07) is 17.6. The van der Waals surface area contributed by atoms with Gasteiger partial charge in [0.15, 0.2) is 0 Å². The molecule has 1 aliphatic rings. The fraction of sp³-hybridized carbons (Fsp3) is 0.300. The second-order valence-corrected chi connectivity index (χ2v) is 6.25. The molecule has 1 amide bonds. The lowest BCUT2D eigenvalue weighted by molar-refractivity contribution is -0.267. The van der Waals surface area contributed by atoms with Crippen molar-refractivity contribution in [1.82, 2.24) is 4.90 Å². The molecule has 1 fully saturated rings. The first kappa shape index (κ1) is 17.0. The first-order chi connectivity index (χ1) is 12.2. The lowest BCUT2D eigenvalue weighted by atomic mass is 9.81. The van der Waals surface area contributed by atoms with E-state index in [4.69, 9.17) is 4.74 Å². The second kappa shape index (κ2) is 7.83. The standard InChI is InChI=1S/C20H21NO4/c22-13-17-12-21(20(23)24)11-10-19(17)16-6-8-18(9-7-16)25-14-15-4-2-1-3-5-15/h1-9,13,17,19H,10-12,14H2,(H,23,24)/p-1. The number of nitrogens with zero attached hydrogens (tertiary/aromatic N) is 1. The van der Waals surface area contributed by atoms with Gasteiger partial charge in [-0.25, -0.2) is 0 Å². The number of ether oxygens (including phenoxy) is 1. The monoisotopic (exact) mass is 338 g/mol. The van der Waals surface area contributed by atoms with Gasteiger partial charge in [0.05, 0.1) is 0 Å². The second-order valence-electron chi connectivity index (χ2n) is 6.25. The third-order valence-electron chi connectivity index (χ3n) is 4.65. The zero-order chi connectivity index (χ0) is 17.6. The number of hydrogen-bond acceptors (Lipinski definition) is 4. The predicted octanol–water partition coefficient (Wildman–Crippen LogP) is 2.21. The number of piperidine rings is 1. The summed E-state index contributed by atoms with van der Waals surface area (Å²) in [5, 5.41) is 11.0. The normalized spacial score (nSPS) is 20.1. The molecule has 5 heteroatoms. The summed E-state index contributed by atoms with van der Waals surface area (Å²) in [6.45, 7) is 1.09. The molecule has 130 valence electrons. The van der Waals surface area contributed by atoms with Gasteiger partial charge in [0.2, 0.25) is 0 Å². The fourth-order valence-corrected chi connectivity index (χ4v) is 3.25. The van der Waals surface area contributed by atoms with Gasteiger partial charge < -0.3 is 24.3 Å². The molecule has 1 heterocycles. The van der Waals surface area contributed by atoms with E-state index in [-0.39, 0.29) is 18.4 Å². The number of carbonyl (C=O) groups excluding carboxylic acids is 2. The summed E-state index contributed by atoms with van der Waals surface area (Å²) < 4.78 is 5.77. The first-order valence-electron chi connectivity index (χ1n) is 8.35. The van der Waals surface area contributed by atoms with Gasteiger partial charge in [-0.15, -0.1) is 0 Å². The number of rotatable bonds is 5. The molecule has 5 nitrogen and oxygen atoms in total. The highest BCUT2D eigenvalue weighted by Gasteiger charge is 2.30. The maximum absolute atomic E-state index is 11.4. The van der Waals surface area contributed by atoms with E-state index in [0.29, 0.717) is 19.6 Å². The summed E-state index contributed by atoms with van der Waals surface area (Å²) in [6.07, 6.45) is 0.247. The number of likely N-dealkylation sites (tertiary alicyclic amines) is 1. The number of amides is 1. The summed E-state index contributed by atoms with van der Waals surface area (Å²) in [5.41, 5.74) is 2.13. The minimum Gasteiger partial charge on any atom is -0.530 e. The number of hydrogen-bond donors (Lipinski definition) is 0. The van der Waals surface area contributed by atoms with Crippen LogP contribution in [0.1, 0.15) is 23.5 Å². The molecule has 0 spiro atoms. The van der Waals surface area contributed by atoms with Gasteiger partial charge >= 0.3 is 0 Å². The highest BCUT2D eigenvalue weighted by molar-refractivity contribution is 5.65. The summed E-state index contributed by atoms with van der Waals surface area (Å²) in [7, 11) is 0. The summed E-state index contributed by atoms with van der Waals surface area (Å²) in [4.78, 5) is 23.5. The Labute approximate surface area is 146 Å². The minimum atomic E-state index is -1.21. The maximum atomic E-state index is 11.4.